The first-order chi connectivity index (χ1) is 18.7. The normalized spacial score (nSPS) is 10.8. The van der Waals surface area contributed by atoms with Crippen LogP contribution >= 0.6 is 17.0 Å². The van der Waals surface area contributed by atoms with E-state index in [0.29, 0.717) is 11.2 Å². The Morgan fingerprint density at radius 2 is 0.795 bits per heavy atom. The molecule has 0 amide bonds. The number of hydrogen-bond donors (Lipinski definition) is 2. The molecule has 0 unspecified atom stereocenters. The van der Waals surface area contributed by atoms with Crippen LogP contribution in [0.1, 0.15) is 64.2 Å². The molecule has 0 radical (unpaired) electrons. The largest absolute Gasteiger partial charge is 0.317 e. The Bertz CT molecular complexity index is 1260. The molecule has 7 heteroatoms. The highest BCUT2D eigenvalue weighted by Crippen LogP contribution is 2.18. The molecule has 0 spiro atoms. The summed E-state index contributed by atoms with van der Waals surface area (Å²) in [6.45, 7) is 1.71. The van der Waals surface area contributed by atoms with Crippen molar-refractivity contribution < 1.29 is 0 Å². The molecule has 206 valence electrons. The zero-order valence-corrected chi connectivity index (χ0v) is 24.5. The number of aromatic nitrogens is 4. The molecule has 0 fully saturated rings. The van der Waals surface area contributed by atoms with Crippen LogP contribution in [0.4, 0.5) is 0 Å². The fourth-order valence-electron chi connectivity index (χ4n) is 4.81. The first kappa shape index (κ1) is 30.2. The van der Waals surface area contributed by atoms with Gasteiger partial charge in [-0.1, -0.05) is 112 Å². The van der Waals surface area contributed by atoms with Gasteiger partial charge in [-0.25, -0.2) is 9.97 Å². The van der Waals surface area contributed by atoms with Crippen LogP contribution in [-0.2, 0) is 13.1 Å². The van der Waals surface area contributed by atoms with E-state index in [1.165, 1.54) is 51.4 Å². The molecule has 2 aromatic heterocycles. The van der Waals surface area contributed by atoms with Crippen LogP contribution in [0.15, 0.2) is 85.5 Å². The Hall–Kier alpha value is -3.32. The van der Waals surface area contributed by atoms with Crippen molar-refractivity contribution in [2.75, 3.05) is 0 Å². The zero-order chi connectivity index (χ0) is 26.4. The number of halogens is 1. The molecule has 4 rings (SSSR count). The second kappa shape index (κ2) is 16.6. The maximum Gasteiger partial charge on any atom is 0.221 e. The molecule has 2 N–H and O–H groups in total. The van der Waals surface area contributed by atoms with Gasteiger partial charge in [-0.2, -0.15) is 0 Å². The second-order valence-electron chi connectivity index (χ2n) is 9.99. The van der Waals surface area contributed by atoms with Gasteiger partial charge in [0.15, 0.2) is 0 Å². The van der Waals surface area contributed by atoms with Crippen molar-refractivity contribution in [3.63, 3.8) is 0 Å². The van der Waals surface area contributed by atoms with Crippen molar-refractivity contribution in [1.29, 1.82) is 10.8 Å². The van der Waals surface area contributed by atoms with Gasteiger partial charge in [-0.3, -0.25) is 10.8 Å². The van der Waals surface area contributed by atoms with E-state index in [2.05, 4.69) is 46.6 Å². The minimum absolute atomic E-state index is 0. The molecule has 39 heavy (non-hydrogen) atoms. The highest BCUT2D eigenvalue weighted by molar-refractivity contribution is 8.93. The summed E-state index contributed by atoms with van der Waals surface area (Å²) in [6, 6.07) is 20.5. The molecule has 0 saturated heterocycles. The molecular weight excluding hydrogens is 548 g/mol. The lowest BCUT2D eigenvalue weighted by molar-refractivity contribution is 0.509. The number of nitrogens with zero attached hydrogens (tertiary/aromatic N) is 4. The van der Waals surface area contributed by atoms with Crippen LogP contribution in [-0.4, -0.2) is 19.1 Å². The van der Waals surface area contributed by atoms with E-state index in [9.17, 15) is 0 Å². The third-order valence-electron chi connectivity index (χ3n) is 7.05. The number of nitrogens with one attached hydrogen (secondary N) is 2. The molecule has 2 heterocycles. The molecule has 0 bridgehead atoms. The van der Waals surface area contributed by atoms with Crippen LogP contribution in [0, 0.1) is 10.8 Å². The fourth-order valence-corrected chi connectivity index (χ4v) is 4.81. The summed E-state index contributed by atoms with van der Waals surface area (Å²) in [4.78, 5) is 8.56. The summed E-state index contributed by atoms with van der Waals surface area (Å²) >= 11 is 0. The van der Waals surface area contributed by atoms with Gasteiger partial charge in [0.25, 0.3) is 0 Å². The summed E-state index contributed by atoms with van der Waals surface area (Å²) in [6.07, 6.45) is 20.0. The van der Waals surface area contributed by atoms with Crippen molar-refractivity contribution in [2.24, 2.45) is 0 Å². The summed E-state index contributed by atoms with van der Waals surface area (Å²) in [5, 5.41) is 16.2. The lowest BCUT2D eigenvalue weighted by atomic mass is 10.1. The number of hydrogen-bond acceptors (Lipinski definition) is 4. The van der Waals surface area contributed by atoms with Gasteiger partial charge in [0.05, 0.1) is 0 Å². The standard InChI is InChI=1S/C32H40N6.BrH/c33-31-35-23-29(27-17-11-9-12-18-27)25-37(31)21-15-7-5-3-1-2-4-6-8-16-22-38-26-30(24-36-32(38)34)28-19-13-10-14-20-28;/h9-14,17-20,23-26,33-34H,1-8,15-16,21-22H2;1H. The first-order valence-corrected chi connectivity index (χ1v) is 14.0. The van der Waals surface area contributed by atoms with Crippen LogP contribution in [0.2, 0.25) is 0 Å². The van der Waals surface area contributed by atoms with Gasteiger partial charge >= 0.3 is 0 Å². The topological polar surface area (TPSA) is 83.3 Å². The smallest absolute Gasteiger partial charge is 0.221 e. The zero-order valence-electron chi connectivity index (χ0n) is 22.8. The van der Waals surface area contributed by atoms with E-state index in [1.807, 2.05) is 45.5 Å². The molecule has 2 aromatic carbocycles. The fraction of sp³-hybridized carbons (Fsp3) is 0.375. The predicted octanol–water partition coefficient (Wildman–Crippen LogP) is 7.55. The quantitative estimate of drug-likeness (QED) is 0.140. The van der Waals surface area contributed by atoms with Gasteiger partial charge < -0.3 is 9.13 Å². The van der Waals surface area contributed by atoms with E-state index in [4.69, 9.17) is 10.8 Å². The molecule has 4 aromatic rings. The molecule has 0 aliphatic carbocycles. The average molecular weight is 590 g/mol. The van der Waals surface area contributed by atoms with Gasteiger partial charge in [-0.15, -0.1) is 17.0 Å². The van der Waals surface area contributed by atoms with Gasteiger partial charge in [0.2, 0.25) is 11.2 Å². The van der Waals surface area contributed by atoms with E-state index in [1.54, 1.807) is 12.4 Å². The Morgan fingerprint density at radius 1 is 0.462 bits per heavy atom. The lowest BCUT2D eigenvalue weighted by Crippen LogP contribution is -2.22. The van der Waals surface area contributed by atoms with Crippen molar-refractivity contribution >= 4 is 17.0 Å². The van der Waals surface area contributed by atoms with Crippen LogP contribution in [0.3, 0.4) is 0 Å². The maximum atomic E-state index is 8.11. The second-order valence-corrected chi connectivity index (χ2v) is 9.99. The first-order valence-electron chi connectivity index (χ1n) is 14.0. The van der Waals surface area contributed by atoms with Crippen LogP contribution in [0.5, 0.6) is 0 Å². The van der Waals surface area contributed by atoms with E-state index >= 15 is 0 Å². The van der Waals surface area contributed by atoms with Crippen molar-refractivity contribution in [2.45, 2.75) is 77.3 Å². The van der Waals surface area contributed by atoms with Crippen LogP contribution in [0.25, 0.3) is 22.3 Å². The Morgan fingerprint density at radius 3 is 1.15 bits per heavy atom. The van der Waals surface area contributed by atoms with Crippen LogP contribution < -0.4 is 11.2 Å². The molecular formula is C32H41BrN6. The highest BCUT2D eigenvalue weighted by Gasteiger charge is 2.03. The van der Waals surface area contributed by atoms with Crippen molar-refractivity contribution in [1.82, 2.24) is 19.1 Å². The molecule has 0 atom stereocenters. The third kappa shape index (κ3) is 9.74. The summed E-state index contributed by atoms with van der Waals surface area (Å²) < 4.78 is 3.94. The number of unbranched alkanes of at least 4 members (excludes halogenated alkanes) is 9. The number of aryl methyl sites for hydroxylation is 2. The predicted molar refractivity (Wildman–Crippen MR) is 164 cm³/mol. The maximum absolute atomic E-state index is 8.11. The van der Waals surface area contributed by atoms with Gasteiger partial charge in [0.1, 0.15) is 0 Å². The van der Waals surface area contributed by atoms with Gasteiger partial charge in [0, 0.05) is 49.0 Å². The molecule has 0 aliphatic heterocycles. The molecule has 6 nitrogen and oxygen atoms in total. The summed E-state index contributed by atoms with van der Waals surface area (Å²) in [7, 11) is 0. The Balaban J connectivity index is 0.00000420. The SMILES string of the molecule is Br.N=c1ncc(-c2ccccc2)cn1CCCCCCCCCCCCn1cc(-c2ccccc2)cnc1=N. The minimum atomic E-state index is 0. The van der Waals surface area contributed by atoms with Crippen molar-refractivity contribution in [3.8, 4) is 22.3 Å². The summed E-state index contributed by atoms with van der Waals surface area (Å²) in [5.41, 5.74) is 5.09. The highest BCUT2D eigenvalue weighted by atomic mass is 79.9. The molecule has 0 aliphatic rings. The van der Waals surface area contributed by atoms with E-state index in [-0.39, 0.29) is 17.0 Å². The van der Waals surface area contributed by atoms with Gasteiger partial charge in [-0.05, 0) is 24.0 Å². The average Bonchev–Trinajstić information content (AvgIpc) is 2.96. The Kier molecular flexibility index (Phi) is 12.9. The number of benzene rings is 2. The monoisotopic (exact) mass is 588 g/mol. The van der Waals surface area contributed by atoms with E-state index in [0.717, 1.165) is 48.2 Å². The molecule has 0 saturated carbocycles. The lowest BCUT2D eigenvalue weighted by Gasteiger charge is -2.09. The Labute approximate surface area is 242 Å². The summed E-state index contributed by atoms with van der Waals surface area (Å²) in [5.74, 6) is 0. The third-order valence-corrected chi connectivity index (χ3v) is 7.05. The minimum Gasteiger partial charge on any atom is -0.317 e. The number of rotatable bonds is 15. The van der Waals surface area contributed by atoms with E-state index < -0.39 is 0 Å². The van der Waals surface area contributed by atoms with Crippen molar-refractivity contribution in [3.05, 3.63) is 96.7 Å².